The number of carbonyl (C=O) groups is 3. The number of rotatable bonds is 47. The van der Waals surface area contributed by atoms with Gasteiger partial charge in [0.2, 0.25) is 0 Å². The summed E-state index contributed by atoms with van der Waals surface area (Å²) < 4.78 is 28.4. The minimum Gasteiger partial charge on any atom is -0.463 e. The second-order valence-corrected chi connectivity index (χ2v) is 19.1. The van der Waals surface area contributed by atoms with Crippen LogP contribution in [0.4, 0.5) is 0 Å². The van der Waals surface area contributed by atoms with Crippen molar-refractivity contribution in [3.63, 3.8) is 0 Å². The van der Waals surface area contributed by atoms with E-state index in [-0.39, 0.29) is 39.1 Å². The lowest BCUT2D eigenvalue weighted by atomic mass is 9.99. The first-order chi connectivity index (χ1) is 36.2. The Kier molecular flexibility index (Phi) is 46.8. The molecule has 11 nitrogen and oxygen atoms in total. The summed E-state index contributed by atoms with van der Waals surface area (Å²) in [5.74, 6) is -1.32. The van der Waals surface area contributed by atoms with Crippen LogP contribution in [-0.2, 0) is 38.1 Å². The molecule has 0 aromatic rings. The summed E-state index contributed by atoms with van der Waals surface area (Å²) in [6, 6.07) is 0. The molecule has 1 heterocycles. The monoisotopic (exact) mass is 1030 g/mol. The lowest BCUT2D eigenvalue weighted by Gasteiger charge is -2.40. The Labute approximate surface area is 449 Å². The van der Waals surface area contributed by atoms with Crippen LogP contribution in [0, 0.1) is 0 Å². The largest absolute Gasteiger partial charge is 0.463 e. The second kappa shape index (κ2) is 51.0. The number of unbranched alkanes of at least 4 members (excludes halogenated alkanes) is 15. The van der Waals surface area contributed by atoms with Crippen LogP contribution in [0.1, 0.15) is 213 Å². The Morgan fingerprint density at radius 2 is 0.757 bits per heavy atom. The van der Waals surface area contributed by atoms with E-state index in [1.807, 2.05) is 0 Å². The third-order valence-electron chi connectivity index (χ3n) is 12.3. The van der Waals surface area contributed by atoms with Crippen molar-refractivity contribution < 1.29 is 53.4 Å². The van der Waals surface area contributed by atoms with Gasteiger partial charge in [0, 0.05) is 19.3 Å². The summed E-state index contributed by atoms with van der Waals surface area (Å²) in [5, 5.41) is 32.2. The van der Waals surface area contributed by atoms with Gasteiger partial charge in [0.1, 0.15) is 37.6 Å². The molecule has 0 unspecified atom stereocenters. The molecule has 0 amide bonds. The van der Waals surface area contributed by atoms with Gasteiger partial charge in [-0.15, -0.1) is 0 Å². The van der Waals surface area contributed by atoms with Gasteiger partial charge in [0.15, 0.2) is 12.4 Å². The van der Waals surface area contributed by atoms with Gasteiger partial charge in [0.25, 0.3) is 0 Å². The van der Waals surface area contributed by atoms with E-state index >= 15 is 0 Å². The SMILES string of the molecule is CC/C=C\C/C=C\C/C=C\CCCCCCCC(=O)OC[C@@H](CO[C@@H]1O[C@H](COC(=O)CCCCCCC/C=C\C/C=C\C/C=C\CC)[C@H](O)[C@H](O)[C@H]1O)OC(=O)CCCCCCC/C=C\C/C=C\C/C=C\CC. The van der Waals surface area contributed by atoms with Crippen molar-refractivity contribution in [1.29, 1.82) is 0 Å². The predicted octanol–water partition coefficient (Wildman–Crippen LogP) is 14.6. The van der Waals surface area contributed by atoms with Crippen LogP contribution in [-0.4, -0.2) is 89.9 Å². The molecule has 74 heavy (non-hydrogen) atoms. The minimum absolute atomic E-state index is 0.183. The molecular formula is C63H102O11. The van der Waals surface area contributed by atoms with Crippen LogP contribution in [0.3, 0.4) is 0 Å². The molecule has 11 heteroatoms. The second-order valence-electron chi connectivity index (χ2n) is 19.1. The third-order valence-corrected chi connectivity index (χ3v) is 12.3. The molecule has 0 bridgehead atoms. The standard InChI is InChI=1S/C63H102O11/c1-4-7-10-13-16-19-22-25-28-31-34-37-40-43-46-49-57(64)70-52-55(73-59(66)51-48-45-42-39-36-33-30-27-24-21-18-15-12-9-6-3)53-72-63-62(69)61(68)60(67)56(74-63)54-71-58(65)50-47-44-41-38-35-32-29-26-23-20-17-14-11-8-5-2/h7-12,16-21,25-30,55-56,60-63,67-69H,4-6,13-15,22-24,31-54H2,1-3H3/b10-7-,11-8-,12-9-,19-16-,20-17-,21-18-,28-25-,29-26-,30-27-/t55-,56+,60-,61-,62+,63+/m0/s1. The lowest BCUT2D eigenvalue weighted by Crippen LogP contribution is -2.59. The van der Waals surface area contributed by atoms with Crippen molar-refractivity contribution in [1.82, 2.24) is 0 Å². The summed E-state index contributed by atoms with van der Waals surface area (Å²) >= 11 is 0. The zero-order valence-electron chi connectivity index (χ0n) is 46.3. The highest BCUT2D eigenvalue weighted by Gasteiger charge is 2.45. The topological polar surface area (TPSA) is 158 Å². The molecule has 0 spiro atoms. The van der Waals surface area contributed by atoms with E-state index in [4.69, 9.17) is 23.7 Å². The number of hydrogen-bond donors (Lipinski definition) is 3. The van der Waals surface area contributed by atoms with Crippen molar-refractivity contribution >= 4 is 17.9 Å². The van der Waals surface area contributed by atoms with Crippen LogP contribution in [0.25, 0.3) is 0 Å². The van der Waals surface area contributed by atoms with Gasteiger partial charge in [-0.3, -0.25) is 14.4 Å². The summed E-state index contributed by atoms with van der Waals surface area (Å²) in [4.78, 5) is 38.4. The summed E-state index contributed by atoms with van der Waals surface area (Å²) in [5.41, 5.74) is 0. The number of hydrogen-bond acceptors (Lipinski definition) is 11. The highest BCUT2D eigenvalue weighted by atomic mass is 16.7. The first kappa shape index (κ1) is 67.9. The van der Waals surface area contributed by atoms with Gasteiger partial charge in [-0.05, 0) is 116 Å². The average molecular weight is 1040 g/mol. The molecule has 0 aromatic carbocycles. The number of ether oxygens (including phenoxy) is 5. The molecule has 420 valence electrons. The van der Waals surface area contributed by atoms with Crippen molar-refractivity contribution in [3.8, 4) is 0 Å². The van der Waals surface area contributed by atoms with Gasteiger partial charge in [0.05, 0.1) is 6.61 Å². The fourth-order valence-electron chi connectivity index (χ4n) is 7.93. The Hall–Kier alpha value is -4.13. The highest BCUT2D eigenvalue weighted by molar-refractivity contribution is 5.70. The summed E-state index contributed by atoms with van der Waals surface area (Å²) in [6.07, 6.45) is 57.9. The summed E-state index contributed by atoms with van der Waals surface area (Å²) in [6.45, 7) is 5.47. The van der Waals surface area contributed by atoms with Gasteiger partial charge < -0.3 is 39.0 Å². The Morgan fingerprint density at radius 1 is 0.405 bits per heavy atom. The van der Waals surface area contributed by atoms with Crippen molar-refractivity contribution in [3.05, 3.63) is 109 Å². The summed E-state index contributed by atoms with van der Waals surface area (Å²) in [7, 11) is 0. The molecule has 0 saturated carbocycles. The van der Waals surface area contributed by atoms with Gasteiger partial charge in [-0.25, -0.2) is 0 Å². The predicted molar refractivity (Wildman–Crippen MR) is 302 cm³/mol. The molecule has 6 atom stereocenters. The maximum absolute atomic E-state index is 13.0. The molecular weight excluding hydrogens is 933 g/mol. The quantitative estimate of drug-likeness (QED) is 0.0231. The molecule has 3 N–H and O–H groups in total. The van der Waals surface area contributed by atoms with Crippen molar-refractivity contribution in [2.24, 2.45) is 0 Å². The zero-order valence-corrected chi connectivity index (χ0v) is 46.3. The third kappa shape index (κ3) is 41.2. The van der Waals surface area contributed by atoms with E-state index in [0.717, 1.165) is 154 Å². The van der Waals surface area contributed by atoms with Gasteiger partial charge in [-0.1, -0.05) is 188 Å². The van der Waals surface area contributed by atoms with Gasteiger partial charge in [-0.2, -0.15) is 0 Å². The Bertz CT molecular complexity index is 1640. The number of carbonyl (C=O) groups excluding carboxylic acids is 3. The van der Waals surface area contributed by atoms with E-state index in [1.54, 1.807) is 0 Å². The fraction of sp³-hybridized carbons (Fsp3) is 0.667. The number of esters is 3. The molecule has 1 aliphatic rings. The Morgan fingerprint density at radius 3 is 1.18 bits per heavy atom. The molecule has 0 aliphatic carbocycles. The first-order valence-electron chi connectivity index (χ1n) is 28.9. The van der Waals surface area contributed by atoms with Crippen LogP contribution in [0.5, 0.6) is 0 Å². The normalized spacial score (nSPS) is 19.1. The molecule has 0 radical (unpaired) electrons. The molecule has 1 aliphatic heterocycles. The highest BCUT2D eigenvalue weighted by Crippen LogP contribution is 2.24. The van der Waals surface area contributed by atoms with Gasteiger partial charge >= 0.3 is 17.9 Å². The van der Waals surface area contributed by atoms with E-state index in [2.05, 4.69) is 130 Å². The van der Waals surface area contributed by atoms with Crippen LogP contribution in [0.2, 0.25) is 0 Å². The van der Waals surface area contributed by atoms with Crippen LogP contribution < -0.4 is 0 Å². The molecule has 1 rings (SSSR count). The van der Waals surface area contributed by atoms with E-state index in [1.165, 1.54) is 0 Å². The number of aliphatic hydroxyl groups excluding tert-OH is 3. The average Bonchev–Trinajstić information content (AvgIpc) is 3.39. The van der Waals surface area contributed by atoms with E-state index in [0.29, 0.717) is 19.3 Å². The van der Waals surface area contributed by atoms with Crippen LogP contribution in [0.15, 0.2) is 109 Å². The molecule has 1 fully saturated rings. The maximum atomic E-state index is 13.0. The zero-order chi connectivity index (χ0) is 53.8. The number of allylic oxidation sites excluding steroid dienone is 18. The lowest BCUT2D eigenvalue weighted by molar-refractivity contribution is -0.305. The van der Waals surface area contributed by atoms with Crippen molar-refractivity contribution in [2.75, 3.05) is 19.8 Å². The van der Waals surface area contributed by atoms with E-state index in [9.17, 15) is 29.7 Å². The minimum atomic E-state index is -1.66. The molecule has 1 saturated heterocycles. The molecule has 0 aromatic heterocycles. The van der Waals surface area contributed by atoms with E-state index < -0.39 is 54.7 Å². The maximum Gasteiger partial charge on any atom is 0.306 e. The smallest absolute Gasteiger partial charge is 0.306 e. The Balaban J connectivity index is 2.58. The fourth-order valence-corrected chi connectivity index (χ4v) is 7.93. The van der Waals surface area contributed by atoms with Crippen molar-refractivity contribution in [2.45, 2.75) is 250 Å². The first-order valence-corrected chi connectivity index (χ1v) is 28.9. The van der Waals surface area contributed by atoms with Crippen LogP contribution >= 0.6 is 0 Å². The number of aliphatic hydroxyl groups is 3.